The van der Waals surface area contributed by atoms with Gasteiger partial charge in [-0.05, 0) is 31.5 Å². The SMILES string of the molecule is CC#CCOc1ccc([C@H](C)O)cc1OC. The zero-order valence-corrected chi connectivity index (χ0v) is 9.78. The van der Waals surface area contributed by atoms with Crippen molar-refractivity contribution in [2.75, 3.05) is 13.7 Å². The van der Waals surface area contributed by atoms with Crippen LogP contribution in [0.3, 0.4) is 0 Å². The maximum absolute atomic E-state index is 9.43. The fraction of sp³-hybridized carbons (Fsp3) is 0.385. The van der Waals surface area contributed by atoms with Gasteiger partial charge in [0.2, 0.25) is 0 Å². The molecule has 1 N–H and O–H groups in total. The second kappa shape index (κ2) is 6.04. The number of rotatable bonds is 4. The molecule has 0 fully saturated rings. The zero-order valence-electron chi connectivity index (χ0n) is 9.78. The van der Waals surface area contributed by atoms with Crippen LogP contribution in [-0.2, 0) is 0 Å². The van der Waals surface area contributed by atoms with Crippen molar-refractivity contribution in [3.8, 4) is 23.3 Å². The second-order valence-electron chi connectivity index (χ2n) is 3.30. The van der Waals surface area contributed by atoms with Gasteiger partial charge in [0.15, 0.2) is 11.5 Å². The highest BCUT2D eigenvalue weighted by atomic mass is 16.5. The molecule has 86 valence electrons. The highest BCUT2D eigenvalue weighted by Gasteiger charge is 2.08. The van der Waals surface area contributed by atoms with Gasteiger partial charge in [0, 0.05) is 0 Å². The van der Waals surface area contributed by atoms with Crippen LogP contribution in [0, 0.1) is 11.8 Å². The van der Waals surface area contributed by atoms with Gasteiger partial charge in [-0.25, -0.2) is 0 Å². The predicted molar refractivity (Wildman–Crippen MR) is 62.6 cm³/mol. The molecular weight excluding hydrogens is 204 g/mol. The van der Waals surface area contributed by atoms with Gasteiger partial charge in [-0.15, -0.1) is 5.92 Å². The van der Waals surface area contributed by atoms with Crippen LogP contribution in [-0.4, -0.2) is 18.8 Å². The number of aliphatic hydroxyl groups excluding tert-OH is 1. The van der Waals surface area contributed by atoms with Crippen molar-refractivity contribution >= 4 is 0 Å². The molecule has 0 spiro atoms. The monoisotopic (exact) mass is 220 g/mol. The van der Waals surface area contributed by atoms with Crippen LogP contribution < -0.4 is 9.47 Å². The van der Waals surface area contributed by atoms with Crippen molar-refractivity contribution in [3.63, 3.8) is 0 Å². The summed E-state index contributed by atoms with van der Waals surface area (Å²) in [5, 5.41) is 9.43. The first-order chi connectivity index (χ1) is 7.69. The third kappa shape index (κ3) is 3.18. The zero-order chi connectivity index (χ0) is 12.0. The number of hydrogen-bond donors (Lipinski definition) is 1. The van der Waals surface area contributed by atoms with E-state index in [0.29, 0.717) is 18.1 Å². The third-order valence-corrected chi connectivity index (χ3v) is 2.15. The molecular formula is C13H16O3. The van der Waals surface area contributed by atoms with Crippen molar-refractivity contribution in [2.24, 2.45) is 0 Å². The molecule has 0 saturated heterocycles. The molecule has 1 aromatic rings. The van der Waals surface area contributed by atoms with E-state index in [0.717, 1.165) is 5.56 Å². The van der Waals surface area contributed by atoms with Gasteiger partial charge in [0.1, 0.15) is 6.61 Å². The molecule has 0 radical (unpaired) electrons. The second-order valence-corrected chi connectivity index (χ2v) is 3.30. The minimum Gasteiger partial charge on any atom is -0.493 e. The first-order valence-corrected chi connectivity index (χ1v) is 5.07. The van der Waals surface area contributed by atoms with E-state index >= 15 is 0 Å². The quantitative estimate of drug-likeness (QED) is 0.790. The summed E-state index contributed by atoms with van der Waals surface area (Å²) in [4.78, 5) is 0. The Morgan fingerprint density at radius 3 is 2.69 bits per heavy atom. The molecule has 0 saturated carbocycles. The van der Waals surface area contributed by atoms with Crippen molar-refractivity contribution in [1.82, 2.24) is 0 Å². The number of ether oxygens (including phenoxy) is 2. The highest BCUT2D eigenvalue weighted by molar-refractivity contribution is 5.43. The smallest absolute Gasteiger partial charge is 0.162 e. The number of methoxy groups -OCH3 is 1. The fourth-order valence-electron chi connectivity index (χ4n) is 1.25. The van der Waals surface area contributed by atoms with E-state index in [2.05, 4.69) is 11.8 Å². The number of benzene rings is 1. The summed E-state index contributed by atoms with van der Waals surface area (Å²) in [6.45, 7) is 3.80. The largest absolute Gasteiger partial charge is 0.493 e. The Morgan fingerprint density at radius 1 is 1.38 bits per heavy atom. The molecule has 3 nitrogen and oxygen atoms in total. The van der Waals surface area contributed by atoms with Crippen LogP contribution in [0.25, 0.3) is 0 Å². The van der Waals surface area contributed by atoms with Gasteiger partial charge in [0.05, 0.1) is 13.2 Å². The van der Waals surface area contributed by atoms with E-state index < -0.39 is 6.10 Å². The van der Waals surface area contributed by atoms with E-state index in [1.54, 1.807) is 33.1 Å². The van der Waals surface area contributed by atoms with Crippen molar-refractivity contribution < 1.29 is 14.6 Å². The lowest BCUT2D eigenvalue weighted by Gasteiger charge is -2.11. The molecule has 1 rings (SSSR count). The van der Waals surface area contributed by atoms with Crippen LogP contribution in [0.1, 0.15) is 25.5 Å². The standard InChI is InChI=1S/C13H16O3/c1-4-5-8-16-12-7-6-11(10(2)14)9-13(12)15-3/h6-7,9-10,14H,8H2,1-3H3/t10-/m0/s1. The average molecular weight is 220 g/mol. The average Bonchev–Trinajstić information content (AvgIpc) is 2.29. The lowest BCUT2D eigenvalue weighted by atomic mass is 10.1. The Kier molecular flexibility index (Phi) is 4.68. The Labute approximate surface area is 96.0 Å². The molecule has 0 aliphatic carbocycles. The van der Waals surface area contributed by atoms with E-state index in [9.17, 15) is 5.11 Å². The summed E-state index contributed by atoms with van der Waals surface area (Å²) >= 11 is 0. The third-order valence-electron chi connectivity index (χ3n) is 2.15. The van der Waals surface area contributed by atoms with Gasteiger partial charge in [-0.3, -0.25) is 0 Å². The first-order valence-electron chi connectivity index (χ1n) is 5.07. The topological polar surface area (TPSA) is 38.7 Å². The summed E-state index contributed by atoms with van der Waals surface area (Å²) in [6, 6.07) is 5.35. The van der Waals surface area contributed by atoms with Crippen LogP contribution in [0.2, 0.25) is 0 Å². The van der Waals surface area contributed by atoms with Gasteiger partial charge < -0.3 is 14.6 Å². The van der Waals surface area contributed by atoms with E-state index in [-0.39, 0.29) is 0 Å². The summed E-state index contributed by atoms with van der Waals surface area (Å²) < 4.78 is 10.6. The minimum absolute atomic E-state index is 0.334. The molecule has 3 heteroatoms. The summed E-state index contributed by atoms with van der Waals surface area (Å²) in [7, 11) is 1.57. The molecule has 0 aromatic heterocycles. The fourth-order valence-corrected chi connectivity index (χ4v) is 1.25. The predicted octanol–water partition coefficient (Wildman–Crippen LogP) is 2.15. The molecule has 0 amide bonds. The normalized spacial score (nSPS) is 11.2. The number of hydrogen-bond acceptors (Lipinski definition) is 3. The Bertz CT molecular complexity index is 399. The Balaban J connectivity index is 2.87. The van der Waals surface area contributed by atoms with Crippen LogP contribution in [0.15, 0.2) is 18.2 Å². The van der Waals surface area contributed by atoms with Crippen LogP contribution >= 0.6 is 0 Å². The molecule has 1 atom stereocenters. The van der Waals surface area contributed by atoms with E-state index in [4.69, 9.17) is 9.47 Å². The van der Waals surface area contributed by atoms with Gasteiger partial charge >= 0.3 is 0 Å². The Morgan fingerprint density at radius 2 is 2.12 bits per heavy atom. The summed E-state index contributed by atoms with van der Waals surface area (Å²) in [5.41, 5.74) is 0.797. The molecule has 0 aliphatic heterocycles. The van der Waals surface area contributed by atoms with Gasteiger partial charge in [-0.2, -0.15) is 0 Å². The maximum atomic E-state index is 9.43. The van der Waals surface area contributed by atoms with Gasteiger partial charge in [-0.1, -0.05) is 12.0 Å². The highest BCUT2D eigenvalue weighted by Crippen LogP contribution is 2.30. The lowest BCUT2D eigenvalue weighted by Crippen LogP contribution is -1.99. The molecule has 0 bridgehead atoms. The van der Waals surface area contributed by atoms with Crippen LogP contribution in [0.5, 0.6) is 11.5 Å². The summed E-state index contributed by atoms with van der Waals surface area (Å²) in [6.07, 6.45) is -0.515. The molecule has 16 heavy (non-hydrogen) atoms. The number of aliphatic hydroxyl groups is 1. The lowest BCUT2D eigenvalue weighted by molar-refractivity contribution is 0.198. The molecule has 0 aliphatic rings. The van der Waals surface area contributed by atoms with Crippen molar-refractivity contribution in [3.05, 3.63) is 23.8 Å². The minimum atomic E-state index is -0.515. The van der Waals surface area contributed by atoms with Crippen molar-refractivity contribution in [2.45, 2.75) is 20.0 Å². The molecule has 0 unspecified atom stereocenters. The summed E-state index contributed by atoms with van der Waals surface area (Å²) in [5.74, 6) is 6.80. The first kappa shape index (κ1) is 12.4. The van der Waals surface area contributed by atoms with Crippen molar-refractivity contribution in [1.29, 1.82) is 0 Å². The van der Waals surface area contributed by atoms with Gasteiger partial charge in [0.25, 0.3) is 0 Å². The van der Waals surface area contributed by atoms with E-state index in [1.165, 1.54) is 0 Å². The maximum Gasteiger partial charge on any atom is 0.162 e. The molecule has 0 heterocycles. The van der Waals surface area contributed by atoms with E-state index in [1.807, 2.05) is 6.07 Å². The molecule has 1 aromatic carbocycles. The Hall–Kier alpha value is -1.66. The van der Waals surface area contributed by atoms with Crippen LogP contribution in [0.4, 0.5) is 0 Å².